The number of hydrogen-bond acceptors (Lipinski definition) is 5. The number of para-hydroxylation sites is 2. The van der Waals surface area contributed by atoms with Gasteiger partial charge in [-0.25, -0.2) is 14.2 Å². The number of carbonyl (C=O) groups excluding carboxylic acids is 1. The number of fused-ring (bicyclic) bond motifs is 2. The standard InChI is InChI=1S/C36H44FN3O3.2ClH/c1-6-42-24-34(41)43-36(18-17-28-22-29(37)15-16-30(28)35(36)25(2)3)19-20-39(4)23-27-13-11-26(12-14-27)21-33-38-31-9-7-8-10-32(31)40(33)5;;/h7-16,22,25,35H,6,17-21,23-24H2,1-5H3;2*1H/t35-,36-;;/m0../s1. The number of nitrogens with zero attached hydrogens (tertiary/aromatic N) is 3. The highest BCUT2D eigenvalue weighted by atomic mass is 35.5. The van der Waals surface area contributed by atoms with Gasteiger partial charge < -0.3 is 18.9 Å². The lowest BCUT2D eigenvalue weighted by atomic mass is 9.65. The minimum Gasteiger partial charge on any atom is -0.457 e. The molecule has 4 aromatic rings. The van der Waals surface area contributed by atoms with Gasteiger partial charge >= 0.3 is 5.97 Å². The Hall–Kier alpha value is -2.97. The summed E-state index contributed by atoms with van der Waals surface area (Å²) >= 11 is 0. The maximum atomic E-state index is 14.1. The molecule has 2 atom stereocenters. The topological polar surface area (TPSA) is 56.6 Å². The smallest absolute Gasteiger partial charge is 0.332 e. The summed E-state index contributed by atoms with van der Waals surface area (Å²) in [4.78, 5) is 20.1. The molecular formula is C36H46Cl2FN3O3. The first kappa shape index (κ1) is 36.5. The Morgan fingerprint density at radius 3 is 2.49 bits per heavy atom. The van der Waals surface area contributed by atoms with Crippen LogP contribution in [0.15, 0.2) is 66.7 Å². The highest BCUT2D eigenvalue weighted by Crippen LogP contribution is 2.48. The molecule has 0 fully saturated rings. The molecule has 0 saturated carbocycles. The van der Waals surface area contributed by atoms with E-state index in [9.17, 15) is 9.18 Å². The summed E-state index contributed by atoms with van der Waals surface area (Å²) in [5.74, 6) is 0.668. The number of esters is 1. The van der Waals surface area contributed by atoms with E-state index in [1.54, 1.807) is 6.07 Å². The molecule has 5 rings (SSSR count). The number of halogens is 3. The third-order valence-corrected chi connectivity index (χ3v) is 8.87. The lowest BCUT2D eigenvalue weighted by Crippen LogP contribution is -2.49. The number of rotatable bonds is 12. The van der Waals surface area contributed by atoms with Crippen molar-refractivity contribution in [1.82, 2.24) is 14.5 Å². The molecule has 0 bridgehead atoms. The minimum atomic E-state index is -0.684. The molecule has 1 heterocycles. The number of benzene rings is 3. The maximum Gasteiger partial charge on any atom is 0.332 e. The summed E-state index contributed by atoms with van der Waals surface area (Å²) < 4.78 is 28.0. The monoisotopic (exact) mass is 657 g/mol. The molecule has 0 N–H and O–H groups in total. The number of aryl methyl sites for hydroxylation is 2. The summed E-state index contributed by atoms with van der Waals surface area (Å²) in [5.41, 5.74) is 6.04. The maximum absolute atomic E-state index is 14.1. The van der Waals surface area contributed by atoms with Crippen molar-refractivity contribution in [3.05, 3.63) is 101 Å². The van der Waals surface area contributed by atoms with E-state index in [0.29, 0.717) is 25.9 Å². The summed E-state index contributed by atoms with van der Waals surface area (Å²) in [5, 5.41) is 0. The van der Waals surface area contributed by atoms with E-state index < -0.39 is 5.60 Å². The van der Waals surface area contributed by atoms with Crippen LogP contribution < -0.4 is 0 Å². The lowest BCUT2D eigenvalue weighted by Gasteiger charge is -2.47. The van der Waals surface area contributed by atoms with E-state index in [1.807, 2.05) is 25.1 Å². The van der Waals surface area contributed by atoms with Gasteiger partial charge in [-0.15, -0.1) is 24.8 Å². The zero-order chi connectivity index (χ0) is 30.6. The normalized spacial score (nSPS) is 17.6. The molecule has 9 heteroatoms. The van der Waals surface area contributed by atoms with Crippen LogP contribution in [0.3, 0.4) is 0 Å². The van der Waals surface area contributed by atoms with Crippen molar-refractivity contribution in [3.8, 4) is 0 Å². The second kappa shape index (κ2) is 16.0. The Morgan fingerprint density at radius 2 is 1.80 bits per heavy atom. The number of carbonyl (C=O) groups is 1. The van der Waals surface area contributed by atoms with Crippen LogP contribution in [0, 0.1) is 11.7 Å². The largest absolute Gasteiger partial charge is 0.457 e. The van der Waals surface area contributed by atoms with Crippen LogP contribution in [0.4, 0.5) is 4.39 Å². The highest BCUT2D eigenvalue weighted by Gasteiger charge is 2.47. The van der Waals surface area contributed by atoms with E-state index in [4.69, 9.17) is 14.5 Å². The molecule has 6 nitrogen and oxygen atoms in total. The average molecular weight is 659 g/mol. The van der Waals surface area contributed by atoms with Gasteiger partial charge in [0.2, 0.25) is 0 Å². The number of ether oxygens (including phenoxy) is 2. The van der Waals surface area contributed by atoms with Crippen molar-refractivity contribution in [1.29, 1.82) is 0 Å². The molecule has 3 aromatic carbocycles. The van der Waals surface area contributed by atoms with Crippen LogP contribution in [0.2, 0.25) is 0 Å². The van der Waals surface area contributed by atoms with Crippen LogP contribution in [0.25, 0.3) is 11.0 Å². The van der Waals surface area contributed by atoms with Gasteiger partial charge in [0, 0.05) is 45.5 Å². The summed E-state index contributed by atoms with van der Waals surface area (Å²) in [6.07, 6.45) is 2.80. The van der Waals surface area contributed by atoms with Crippen LogP contribution in [-0.4, -0.2) is 52.8 Å². The Labute approximate surface area is 279 Å². The van der Waals surface area contributed by atoms with Crippen LogP contribution in [-0.2, 0) is 40.7 Å². The van der Waals surface area contributed by atoms with Crippen molar-refractivity contribution in [2.24, 2.45) is 13.0 Å². The van der Waals surface area contributed by atoms with Gasteiger partial charge in [0.25, 0.3) is 0 Å². The van der Waals surface area contributed by atoms with Gasteiger partial charge in [0.15, 0.2) is 0 Å². The number of aromatic nitrogens is 2. The van der Waals surface area contributed by atoms with E-state index in [1.165, 1.54) is 17.2 Å². The first-order valence-corrected chi connectivity index (χ1v) is 15.4. The van der Waals surface area contributed by atoms with Crippen molar-refractivity contribution >= 4 is 41.8 Å². The molecular weight excluding hydrogens is 612 g/mol. The molecule has 0 amide bonds. The van der Waals surface area contributed by atoms with Crippen LogP contribution in [0.1, 0.15) is 67.6 Å². The Balaban J connectivity index is 0.00000276. The molecule has 45 heavy (non-hydrogen) atoms. The predicted molar refractivity (Wildman–Crippen MR) is 183 cm³/mol. The molecule has 0 radical (unpaired) electrons. The predicted octanol–water partition coefficient (Wildman–Crippen LogP) is 7.67. The Kier molecular flexibility index (Phi) is 13.0. The lowest BCUT2D eigenvalue weighted by molar-refractivity contribution is -0.172. The second-order valence-corrected chi connectivity index (χ2v) is 12.3. The molecule has 1 aliphatic rings. The molecule has 0 spiro atoms. The Morgan fingerprint density at radius 1 is 1.09 bits per heavy atom. The zero-order valence-electron chi connectivity index (χ0n) is 26.9. The first-order valence-electron chi connectivity index (χ1n) is 15.4. The second-order valence-electron chi connectivity index (χ2n) is 12.3. The molecule has 244 valence electrons. The summed E-state index contributed by atoms with van der Waals surface area (Å²) in [6.45, 7) is 8.12. The Bertz CT molecular complexity index is 1560. The van der Waals surface area contributed by atoms with Gasteiger partial charge in [-0.3, -0.25) is 0 Å². The average Bonchev–Trinajstić information content (AvgIpc) is 3.30. The molecule has 0 saturated heterocycles. The van der Waals surface area contributed by atoms with Gasteiger partial charge in [0.05, 0.1) is 11.0 Å². The van der Waals surface area contributed by atoms with E-state index in [0.717, 1.165) is 47.5 Å². The fourth-order valence-electron chi connectivity index (χ4n) is 6.80. The van der Waals surface area contributed by atoms with Crippen molar-refractivity contribution in [3.63, 3.8) is 0 Å². The molecule has 1 aliphatic carbocycles. The summed E-state index contributed by atoms with van der Waals surface area (Å²) in [7, 11) is 4.18. The fraction of sp³-hybridized carbons (Fsp3) is 0.444. The van der Waals surface area contributed by atoms with E-state index in [-0.39, 0.29) is 55.0 Å². The van der Waals surface area contributed by atoms with Crippen LogP contribution >= 0.6 is 24.8 Å². The van der Waals surface area contributed by atoms with Gasteiger partial charge in [-0.1, -0.05) is 56.3 Å². The van der Waals surface area contributed by atoms with Crippen molar-refractivity contribution < 1.29 is 18.7 Å². The quantitative estimate of drug-likeness (QED) is 0.146. The third-order valence-electron chi connectivity index (χ3n) is 8.87. The SMILES string of the molecule is CCOCC(=O)O[C@]1(CCN(C)Cc2ccc(Cc3nc4ccccc4n3C)cc2)CCc2cc(F)ccc2[C@@H]1C(C)C.Cl.Cl. The minimum absolute atomic E-state index is 0. The number of imidazole rings is 1. The molecule has 1 aromatic heterocycles. The van der Waals surface area contributed by atoms with Crippen molar-refractivity contribution in [2.45, 2.75) is 64.5 Å². The molecule has 0 unspecified atom stereocenters. The van der Waals surface area contributed by atoms with E-state index in [2.05, 4.69) is 73.8 Å². The first-order chi connectivity index (χ1) is 20.7. The summed E-state index contributed by atoms with van der Waals surface area (Å²) in [6, 6.07) is 22.0. The zero-order valence-corrected chi connectivity index (χ0v) is 28.6. The fourth-order valence-corrected chi connectivity index (χ4v) is 6.80. The van der Waals surface area contributed by atoms with Gasteiger partial charge in [-0.2, -0.15) is 0 Å². The van der Waals surface area contributed by atoms with Gasteiger partial charge in [-0.05, 0) is 79.3 Å². The van der Waals surface area contributed by atoms with E-state index >= 15 is 0 Å². The van der Waals surface area contributed by atoms with Crippen molar-refractivity contribution in [2.75, 3.05) is 26.8 Å². The van der Waals surface area contributed by atoms with Crippen LogP contribution in [0.5, 0.6) is 0 Å². The number of hydrogen-bond donors (Lipinski definition) is 0. The van der Waals surface area contributed by atoms with Gasteiger partial charge in [0.1, 0.15) is 23.8 Å². The third kappa shape index (κ3) is 8.44. The highest BCUT2D eigenvalue weighted by molar-refractivity contribution is 5.85. The molecule has 0 aliphatic heterocycles.